The van der Waals surface area contributed by atoms with Crippen molar-refractivity contribution in [2.75, 3.05) is 52.7 Å². The van der Waals surface area contributed by atoms with Gasteiger partial charge < -0.3 is 29.6 Å². The van der Waals surface area contributed by atoms with Gasteiger partial charge in [-0.25, -0.2) is 0 Å². The number of rotatable bonds is 16. The highest BCUT2D eigenvalue weighted by Gasteiger charge is 2.22. The first-order chi connectivity index (χ1) is 15.1. The fourth-order valence-electron chi connectivity index (χ4n) is 2.89. The van der Waals surface area contributed by atoms with E-state index in [1.807, 2.05) is 0 Å². The van der Waals surface area contributed by atoms with Crippen molar-refractivity contribution in [2.45, 2.75) is 37.9 Å². The second-order valence-electron chi connectivity index (χ2n) is 7.65. The summed E-state index contributed by atoms with van der Waals surface area (Å²) in [5.74, 6) is -0.406. The lowest BCUT2D eigenvalue weighted by molar-refractivity contribution is 0.0944. The molecule has 0 spiro atoms. The molecule has 31 heavy (non-hydrogen) atoms. The summed E-state index contributed by atoms with van der Waals surface area (Å²) in [5, 5.41) is 5.80. The minimum atomic E-state index is -0.203. The first kappa shape index (κ1) is 24.1. The maximum Gasteiger partial charge on any atom is 0.252 e. The SMILES string of the molecule is O=C(NCCCCOCC1CO1)c1cccc(C(=O)NCCCCOCC2CO2)c1Br. The van der Waals surface area contributed by atoms with E-state index >= 15 is 0 Å². The molecule has 0 radical (unpaired) electrons. The Morgan fingerprint density at radius 3 is 1.74 bits per heavy atom. The predicted octanol–water partition coefficient (Wildman–Crippen LogP) is 2.30. The van der Waals surface area contributed by atoms with Crippen molar-refractivity contribution in [2.24, 2.45) is 0 Å². The Balaban J connectivity index is 1.31. The van der Waals surface area contributed by atoms with E-state index in [-0.39, 0.29) is 24.0 Å². The Labute approximate surface area is 191 Å². The van der Waals surface area contributed by atoms with Crippen LogP contribution in [0.2, 0.25) is 0 Å². The molecule has 0 aliphatic carbocycles. The standard InChI is InChI=1S/C22H31BrN2O6/c23-20-18(21(26)24-8-1-3-10-28-12-16-14-30-16)6-5-7-19(20)22(27)25-9-2-4-11-29-13-17-15-31-17/h5-7,16-17H,1-4,8-15H2,(H,24,26)(H,25,27). The van der Waals surface area contributed by atoms with Crippen LogP contribution in [0.5, 0.6) is 0 Å². The third kappa shape index (κ3) is 9.24. The number of ether oxygens (including phenoxy) is 4. The molecule has 8 nitrogen and oxygen atoms in total. The average Bonchev–Trinajstić information content (AvgIpc) is 3.67. The lowest BCUT2D eigenvalue weighted by Crippen LogP contribution is -2.28. The van der Waals surface area contributed by atoms with Gasteiger partial charge in [0.05, 0.1) is 37.6 Å². The molecule has 172 valence electrons. The van der Waals surface area contributed by atoms with Crippen LogP contribution in [0, 0.1) is 0 Å². The Morgan fingerprint density at radius 1 is 0.871 bits per heavy atom. The zero-order valence-electron chi connectivity index (χ0n) is 17.7. The van der Waals surface area contributed by atoms with Crippen molar-refractivity contribution < 1.29 is 28.5 Å². The smallest absolute Gasteiger partial charge is 0.252 e. The maximum absolute atomic E-state index is 12.5. The highest BCUT2D eigenvalue weighted by Crippen LogP contribution is 2.22. The van der Waals surface area contributed by atoms with Gasteiger partial charge in [-0.15, -0.1) is 0 Å². The summed E-state index contributed by atoms with van der Waals surface area (Å²) in [5.41, 5.74) is 0.899. The normalized spacial score (nSPS) is 19.1. The summed E-state index contributed by atoms with van der Waals surface area (Å²) >= 11 is 3.42. The van der Waals surface area contributed by atoms with Crippen molar-refractivity contribution in [3.63, 3.8) is 0 Å². The predicted molar refractivity (Wildman–Crippen MR) is 118 cm³/mol. The summed E-state index contributed by atoms with van der Waals surface area (Å²) < 4.78 is 21.6. The quantitative estimate of drug-likeness (QED) is 0.268. The second kappa shape index (κ2) is 13.1. The molecule has 1 aromatic rings. The highest BCUT2D eigenvalue weighted by molar-refractivity contribution is 9.10. The van der Waals surface area contributed by atoms with E-state index in [1.54, 1.807) is 18.2 Å². The molecule has 2 aliphatic heterocycles. The minimum Gasteiger partial charge on any atom is -0.379 e. The van der Waals surface area contributed by atoms with Crippen LogP contribution in [0.1, 0.15) is 46.4 Å². The Morgan fingerprint density at radius 2 is 1.32 bits per heavy atom. The van der Waals surface area contributed by atoms with Crippen molar-refractivity contribution in [1.82, 2.24) is 10.6 Å². The Hall–Kier alpha value is -1.52. The van der Waals surface area contributed by atoms with Crippen LogP contribution in [-0.2, 0) is 18.9 Å². The lowest BCUT2D eigenvalue weighted by Gasteiger charge is -2.11. The highest BCUT2D eigenvalue weighted by atomic mass is 79.9. The third-order valence-corrected chi connectivity index (χ3v) is 5.76. The monoisotopic (exact) mass is 498 g/mol. The largest absolute Gasteiger partial charge is 0.379 e. The van der Waals surface area contributed by atoms with E-state index in [0.29, 0.717) is 55.1 Å². The molecule has 2 atom stereocenters. The zero-order valence-corrected chi connectivity index (χ0v) is 19.3. The van der Waals surface area contributed by atoms with Gasteiger partial charge in [-0.2, -0.15) is 0 Å². The first-order valence-electron chi connectivity index (χ1n) is 10.9. The Bertz CT molecular complexity index is 668. The number of amides is 2. The number of benzene rings is 1. The molecule has 1 aromatic carbocycles. The van der Waals surface area contributed by atoms with E-state index in [4.69, 9.17) is 18.9 Å². The first-order valence-corrected chi connectivity index (χ1v) is 11.7. The van der Waals surface area contributed by atoms with Gasteiger partial charge in [0.15, 0.2) is 0 Å². The zero-order chi connectivity index (χ0) is 21.9. The number of carbonyl (C=O) groups is 2. The average molecular weight is 499 g/mol. The maximum atomic E-state index is 12.5. The van der Waals surface area contributed by atoms with Crippen molar-refractivity contribution in [3.05, 3.63) is 33.8 Å². The molecule has 0 aromatic heterocycles. The molecule has 2 amide bonds. The van der Waals surface area contributed by atoms with Gasteiger partial charge in [0.25, 0.3) is 11.8 Å². The lowest BCUT2D eigenvalue weighted by atomic mass is 10.1. The molecule has 0 saturated carbocycles. The fourth-order valence-corrected chi connectivity index (χ4v) is 3.52. The van der Waals surface area contributed by atoms with Gasteiger partial charge in [0.2, 0.25) is 0 Å². The van der Waals surface area contributed by atoms with Crippen LogP contribution in [0.3, 0.4) is 0 Å². The molecule has 2 saturated heterocycles. The number of unbranched alkanes of at least 4 members (excludes halogenated alkanes) is 2. The van der Waals surface area contributed by atoms with E-state index < -0.39 is 0 Å². The molecular weight excluding hydrogens is 468 g/mol. The van der Waals surface area contributed by atoms with Gasteiger partial charge in [-0.3, -0.25) is 9.59 Å². The van der Waals surface area contributed by atoms with Crippen molar-refractivity contribution >= 4 is 27.7 Å². The molecule has 2 aliphatic rings. The number of hydrogen-bond donors (Lipinski definition) is 2. The van der Waals surface area contributed by atoms with Gasteiger partial charge in [0.1, 0.15) is 12.2 Å². The molecule has 9 heteroatoms. The summed E-state index contributed by atoms with van der Waals surface area (Å²) in [7, 11) is 0. The summed E-state index contributed by atoms with van der Waals surface area (Å²) in [6.45, 7) is 5.34. The van der Waals surface area contributed by atoms with Gasteiger partial charge >= 0.3 is 0 Å². The molecule has 2 unspecified atom stereocenters. The number of epoxide rings is 2. The van der Waals surface area contributed by atoms with Crippen LogP contribution < -0.4 is 10.6 Å². The molecule has 0 bridgehead atoms. The summed E-state index contributed by atoms with van der Waals surface area (Å²) in [4.78, 5) is 25.0. The minimum absolute atomic E-state index is 0.203. The van der Waals surface area contributed by atoms with Gasteiger partial charge in [0, 0.05) is 30.8 Å². The summed E-state index contributed by atoms with van der Waals surface area (Å²) in [6.07, 6.45) is 3.95. The van der Waals surface area contributed by atoms with E-state index in [0.717, 1.165) is 38.9 Å². The van der Waals surface area contributed by atoms with E-state index in [2.05, 4.69) is 26.6 Å². The van der Waals surface area contributed by atoms with E-state index in [9.17, 15) is 9.59 Å². The molecule has 2 N–H and O–H groups in total. The number of nitrogens with one attached hydrogen (secondary N) is 2. The van der Waals surface area contributed by atoms with Crippen molar-refractivity contribution in [3.8, 4) is 0 Å². The topological polar surface area (TPSA) is 102 Å². The van der Waals surface area contributed by atoms with Gasteiger partial charge in [-0.1, -0.05) is 6.07 Å². The fraction of sp³-hybridized carbons (Fsp3) is 0.636. The molecule has 2 fully saturated rings. The van der Waals surface area contributed by atoms with Crippen LogP contribution in [-0.4, -0.2) is 76.8 Å². The van der Waals surface area contributed by atoms with Crippen LogP contribution in [0.15, 0.2) is 22.7 Å². The number of halogens is 1. The molecular formula is C22H31BrN2O6. The van der Waals surface area contributed by atoms with Crippen LogP contribution >= 0.6 is 15.9 Å². The molecule has 3 rings (SSSR count). The van der Waals surface area contributed by atoms with E-state index in [1.165, 1.54) is 0 Å². The number of carbonyl (C=O) groups excluding carboxylic acids is 2. The summed E-state index contributed by atoms with van der Waals surface area (Å²) in [6, 6.07) is 5.13. The number of hydrogen-bond acceptors (Lipinski definition) is 6. The molecule has 2 heterocycles. The Kier molecular flexibility index (Phi) is 10.2. The van der Waals surface area contributed by atoms with Crippen LogP contribution in [0.4, 0.5) is 0 Å². The van der Waals surface area contributed by atoms with Gasteiger partial charge in [-0.05, 0) is 53.7 Å². The third-order valence-electron chi connectivity index (χ3n) is 4.90. The second-order valence-corrected chi connectivity index (χ2v) is 8.45. The van der Waals surface area contributed by atoms with Crippen LogP contribution in [0.25, 0.3) is 0 Å². The van der Waals surface area contributed by atoms with Crippen molar-refractivity contribution in [1.29, 1.82) is 0 Å².